The molecule has 0 bridgehead atoms. The first kappa shape index (κ1) is 13.3. The minimum atomic E-state index is 0.100. The zero-order valence-corrected chi connectivity index (χ0v) is 11.9. The fourth-order valence-electron chi connectivity index (χ4n) is 2.41. The summed E-state index contributed by atoms with van der Waals surface area (Å²) in [6, 6.07) is 17.6. The zero-order valence-electron chi connectivity index (χ0n) is 11.9. The Hall–Kier alpha value is -2.68. The Bertz CT molecular complexity index is 760. The van der Waals surface area contributed by atoms with E-state index in [-0.39, 0.29) is 5.78 Å². The monoisotopic (exact) mass is 276 g/mol. The van der Waals surface area contributed by atoms with Gasteiger partial charge < -0.3 is 4.57 Å². The van der Waals surface area contributed by atoms with Crippen LogP contribution in [0.2, 0.25) is 0 Å². The summed E-state index contributed by atoms with van der Waals surface area (Å²) >= 11 is 0. The normalized spacial score (nSPS) is 10.5. The Balaban J connectivity index is 1.89. The minimum absolute atomic E-state index is 0.100. The molecular weight excluding hydrogens is 260 g/mol. The number of ketones is 1. The highest BCUT2D eigenvalue weighted by molar-refractivity contribution is 5.97. The van der Waals surface area contributed by atoms with Crippen molar-refractivity contribution in [3.05, 3.63) is 78.1 Å². The van der Waals surface area contributed by atoms with Gasteiger partial charge in [-0.1, -0.05) is 54.6 Å². The maximum Gasteiger partial charge on any atom is 0.182 e. The second kappa shape index (κ2) is 5.75. The molecule has 0 spiro atoms. The van der Waals surface area contributed by atoms with Crippen LogP contribution in [0.3, 0.4) is 0 Å². The molecule has 0 saturated carbocycles. The lowest BCUT2D eigenvalue weighted by Gasteiger charge is -2.09. The van der Waals surface area contributed by atoms with Crippen molar-refractivity contribution in [1.82, 2.24) is 9.55 Å². The molecule has 3 aromatic rings. The Morgan fingerprint density at radius 1 is 1.05 bits per heavy atom. The van der Waals surface area contributed by atoms with Crippen LogP contribution in [0.25, 0.3) is 11.4 Å². The molecule has 0 aliphatic rings. The molecule has 0 amide bonds. The molecule has 1 aromatic heterocycles. The maximum absolute atomic E-state index is 12.5. The highest BCUT2D eigenvalue weighted by Gasteiger charge is 2.12. The van der Waals surface area contributed by atoms with Crippen molar-refractivity contribution in [2.24, 2.45) is 0 Å². The topological polar surface area (TPSA) is 34.9 Å². The van der Waals surface area contributed by atoms with Gasteiger partial charge in [0.15, 0.2) is 5.78 Å². The molecule has 104 valence electrons. The van der Waals surface area contributed by atoms with E-state index in [0.29, 0.717) is 6.54 Å². The van der Waals surface area contributed by atoms with E-state index < -0.39 is 0 Å². The number of benzene rings is 2. The first-order chi connectivity index (χ1) is 10.3. The van der Waals surface area contributed by atoms with Gasteiger partial charge in [-0.2, -0.15) is 0 Å². The van der Waals surface area contributed by atoms with E-state index in [4.69, 9.17) is 0 Å². The molecular formula is C18H16N2O. The lowest BCUT2D eigenvalue weighted by atomic mass is 10.0. The summed E-state index contributed by atoms with van der Waals surface area (Å²) in [5.74, 6) is 0.917. The summed E-state index contributed by atoms with van der Waals surface area (Å²) in [6.07, 6.45) is 3.58. The SMILES string of the molecule is Cc1ccccc1C(=O)Cn1ccnc1-c1ccccc1. The van der Waals surface area contributed by atoms with Crippen molar-refractivity contribution in [3.63, 3.8) is 0 Å². The molecule has 0 aliphatic heterocycles. The quantitative estimate of drug-likeness (QED) is 0.680. The van der Waals surface area contributed by atoms with Crippen LogP contribution >= 0.6 is 0 Å². The van der Waals surface area contributed by atoms with Crippen LogP contribution in [0.5, 0.6) is 0 Å². The van der Waals surface area contributed by atoms with Crippen molar-refractivity contribution >= 4 is 5.78 Å². The molecule has 0 saturated heterocycles. The van der Waals surface area contributed by atoms with Crippen molar-refractivity contribution in [2.75, 3.05) is 0 Å². The molecule has 0 radical (unpaired) electrons. The number of carbonyl (C=O) groups excluding carboxylic acids is 1. The Morgan fingerprint density at radius 2 is 1.76 bits per heavy atom. The summed E-state index contributed by atoms with van der Waals surface area (Å²) in [6.45, 7) is 2.26. The van der Waals surface area contributed by atoms with Gasteiger partial charge in [-0.3, -0.25) is 4.79 Å². The number of carbonyl (C=O) groups is 1. The Kier molecular flexibility index (Phi) is 3.65. The van der Waals surface area contributed by atoms with Crippen LogP contribution in [-0.2, 0) is 6.54 Å². The van der Waals surface area contributed by atoms with E-state index in [1.807, 2.05) is 72.3 Å². The number of imidazole rings is 1. The van der Waals surface area contributed by atoms with E-state index in [2.05, 4.69) is 4.98 Å². The molecule has 3 rings (SSSR count). The van der Waals surface area contributed by atoms with Gasteiger partial charge in [0.2, 0.25) is 0 Å². The number of aryl methyl sites for hydroxylation is 1. The molecule has 0 unspecified atom stereocenters. The Labute approximate surface area is 123 Å². The highest BCUT2D eigenvalue weighted by Crippen LogP contribution is 2.18. The number of Topliss-reactive ketones (excluding diaryl/α,β-unsaturated/α-hetero) is 1. The van der Waals surface area contributed by atoms with Gasteiger partial charge in [0.1, 0.15) is 5.82 Å². The van der Waals surface area contributed by atoms with Crippen molar-refractivity contribution in [2.45, 2.75) is 13.5 Å². The van der Waals surface area contributed by atoms with Crippen LogP contribution in [0.4, 0.5) is 0 Å². The third-order valence-corrected chi connectivity index (χ3v) is 3.51. The average Bonchev–Trinajstić information content (AvgIpc) is 2.96. The summed E-state index contributed by atoms with van der Waals surface area (Å²) in [4.78, 5) is 16.8. The number of hydrogen-bond donors (Lipinski definition) is 0. The predicted octanol–water partition coefficient (Wildman–Crippen LogP) is 3.74. The van der Waals surface area contributed by atoms with E-state index in [1.165, 1.54) is 0 Å². The molecule has 0 fully saturated rings. The fraction of sp³-hybridized carbons (Fsp3) is 0.111. The molecule has 1 heterocycles. The van der Waals surface area contributed by atoms with Crippen molar-refractivity contribution < 1.29 is 4.79 Å². The third-order valence-electron chi connectivity index (χ3n) is 3.51. The number of nitrogens with zero attached hydrogens (tertiary/aromatic N) is 2. The first-order valence-electron chi connectivity index (χ1n) is 6.91. The number of aromatic nitrogens is 2. The largest absolute Gasteiger partial charge is 0.323 e. The first-order valence-corrected chi connectivity index (χ1v) is 6.91. The zero-order chi connectivity index (χ0) is 14.7. The average molecular weight is 276 g/mol. The van der Waals surface area contributed by atoms with E-state index in [0.717, 1.165) is 22.5 Å². The fourth-order valence-corrected chi connectivity index (χ4v) is 2.41. The summed E-state index contributed by atoms with van der Waals surface area (Å²) in [5.41, 5.74) is 2.79. The van der Waals surface area contributed by atoms with Gasteiger partial charge in [-0.05, 0) is 12.5 Å². The van der Waals surface area contributed by atoms with E-state index >= 15 is 0 Å². The molecule has 21 heavy (non-hydrogen) atoms. The van der Waals surface area contributed by atoms with Gasteiger partial charge in [0.05, 0.1) is 6.54 Å². The van der Waals surface area contributed by atoms with E-state index in [9.17, 15) is 4.79 Å². The molecule has 3 heteroatoms. The second-order valence-corrected chi connectivity index (χ2v) is 4.98. The molecule has 2 aromatic carbocycles. The highest BCUT2D eigenvalue weighted by atomic mass is 16.1. The standard InChI is InChI=1S/C18H16N2O/c1-14-7-5-6-10-16(14)17(21)13-20-12-11-19-18(20)15-8-3-2-4-9-15/h2-12H,13H2,1H3. The van der Waals surface area contributed by atoms with Gasteiger partial charge in [0, 0.05) is 23.5 Å². The predicted molar refractivity (Wildman–Crippen MR) is 83.2 cm³/mol. The van der Waals surface area contributed by atoms with Gasteiger partial charge >= 0.3 is 0 Å². The molecule has 0 atom stereocenters. The van der Waals surface area contributed by atoms with Crippen molar-refractivity contribution in [3.8, 4) is 11.4 Å². The summed E-state index contributed by atoms with van der Waals surface area (Å²) in [5, 5.41) is 0. The lowest BCUT2D eigenvalue weighted by molar-refractivity contribution is 0.0972. The van der Waals surface area contributed by atoms with E-state index in [1.54, 1.807) is 6.20 Å². The van der Waals surface area contributed by atoms with Gasteiger partial charge in [-0.15, -0.1) is 0 Å². The van der Waals surface area contributed by atoms with Crippen LogP contribution in [0, 0.1) is 6.92 Å². The smallest absolute Gasteiger partial charge is 0.182 e. The van der Waals surface area contributed by atoms with Crippen LogP contribution in [0.15, 0.2) is 67.0 Å². The molecule has 0 aliphatic carbocycles. The molecule has 0 N–H and O–H groups in total. The Morgan fingerprint density at radius 3 is 2.52 bits per heavy atom. The van der Waals surface area contributed by atoms with Gasteiger partial charge in [0.25, 0.3) is 0 Å². The van der Waals surface area contributed by atoms with Crippen molar-refractivity contribution in [1.29, 1.82) is 0 Å². The third kappa shape index (κ3) is 2.77. The summed E-state index contributed by atoms with van der Waals surface area (Å²) < 4.78 is 1.89. The van der Waals surface area contributed by atoms with Crippen LogP contribution < -0.4 is 0 Å². The maximum atomic E-state index is 12.5. The van der Waals surface area contributed by atoms with Gasteiger partial charge in [-0.25, -0.2) is 4.98 Å². The number of hydrogen-bond acceptors (Lipinski definition) is 2. The minimum Gasteiger partial charge on any atom is -0.323 e. The van der Waals surface area contributed by atoms with Crippen LogP contribution in [0.1, 0.15) is 15.9 Å². The lowest BCUT2D eigenvalue weighted by Crippen LogP contribution is -2.12. The number of rotatable bonds is 4. The molecule has 3 nitrogen and oxygen atoms in total. The second-order valence-electron chi connectivity index (χ2n) is 4.98. The van der Waals surface area contributed by atoms with Crippen LogP contribution in [-0.4, -0.2) is 15.3 Å². The summed E-state index contributed by atoms with van der Waals surface area (Å²) in [7, 11) is 0.